The van der Waals surface area contributed by atoms with Gasteiger partial charge in [0.1, 0.15) is 0 Å². The maximum atomic E-state index is 3.71. The molecule has 1 aliphatic carbocycles. The van der Waals surface area contributed by atoms with E-state index in [4.69, 9.17) is 0 Å². The summed E-state index contributed by atoms with van der Waals surface area (Å²) in [7, 11) is 0. The molecule has 0 aliphatic heterocycles. The van der Waals surface area contributed by atoms with Gasteiger partial charge in [-0.15, -0.1) is 11.3 Å². The molecule has 0 saturated heterocycles. The summed E-state index contributed by atoms with van der Waals surface area (Å²) in [6, 6.07) is 17.5. The van der Waals surface area contributed by atoms with Crippen LogP contribution < -0.4 is 0 Å². The van der Waals surface area contributed by atoms with Crippen LogP contribution in [-0.4, -0.2) is 4.98 Å². The van der Waals surface area contributed by atoms with Gasteiger partial charge in [0.15, 0.2) is 0 Å². The van der Waals surface area contributed by atoms with Crippen LogP contribution in [-0.2, 0) is 6.42 Å². The van der Waals surface area contributed by atoms with Gasteiger partial charge in [-0.25, -0.2) is 0 Å². The third-order valence-corrected chi connectivity index (χ3v) is 6.50. The van der Waals surface area contributed by atoms with Gasteiger partial charge in [-0.1, -0.05) is 48.6 Å². The Hall–Kier alpha value is -2.58. The molecule has 24 heavy (non-hydrogen) atoms. The molecule has 1 aliphatic rings. The lowest BCUT2D eigenvalue weighted by Gasteiger charge is -2.13. The van der Waals surface area contributed by atoms with E-state index in [1.54, 1.807) is 0 Å². The van der Waals surface area contributed by atoms with Crippen molar-refractivity contribution < 1.29 is 0 Å². The van der Waals surface area contributed by atoms with Gasteiger partial charge < -0.3 is 4.98 Å². The average molecular weight is 325 g/mol. The normalized spacial score (nSPS) is 14.2. The molecular weight excluding hydrogens is 310 g/mol. The van der Waals surface area contributed by atoms with Crippen molar-refractivity contribution in [2.45, 2.75) is 12.8 Å². The highest BCUT2D eigenvalue weighted by molar-refractivity contribution is 7.26. The van der Waals surface area contributed by atoms with E-state index in [1.165, 1.54) is 53.1 Å². The SMILES string of the molecule is C1=Cc2c(c3sc4ccccc4c3c3c2[nH]c2ccccc23)CC1. The van der Waals surface area contributed by atoms with Crippen molar-refractivity contribution in [3.63, 3.8) is 0 Å². The predicted molar refractivity (Wildman–Crippen MR) is 106 cm³/mol. The molecule has 2 heteroatoms. The molecule has 0 saturated carbocycles. The minimum atomic E-state index is 1.14. The van der Waals surface area contributed by atoms with E-state index >= 15 is 0 Å². The Morgan fingerprint density at radius 1 is 0.875 bits per heavy atom. The minimum Gasteiger partial charge on any atom is -0.354 e. The molecule has 5 aromatic rings. The number of aromatic amines is 1. The second-order valence-electron chi connectivity index (χ2n) is 6.56. The van der Waals surface area contributed by atoms with Crippen molar-refractivity contribution in [3.05, 3.63) is 65.7 Å². The first kappa shape index (κ1) is 12.8. The van der Waals surface area contributed by atoms with Gasteiger partial charge in [-0.05, 0) is 30.5 Å². The van der Waals surface area contributed by atoms with Gasteiger partial charge in [0, 0.05) is 42.0 Å². The number of thiophene rings is 1. The van der Waals surface area contributed by atoms with Crippen LogP contribution in [0.3, 0.4) is 0 Å². The molecule has 0 bridgehead atoms. The third kappa shape index (κ3) is 1.49. The van der Waals surface area contributed by atoms with Crippen LogP contribution in [0, 0.1) is 0 Å². The molecule has 1 nitrogen and oxygen atoms in total. The number of fused-ring (bicyclic) bond motifs is 10. The number of hydrogen-bond donors (Lipinski definition) is 1. The fourth-order valence-corrected chi connectivity index (χ4v) is 5.54. The summed E-state index contributed by atoms with van der Waals surface area (Å²) in [5, 5.41) is 5.56. The van der Waals surface area contributed by atoms with E-state index < -0.39 is 0 Å². The van der Waals surface area contributed by atoms with Crippen molar-refractivity contribution in [2.24, 2.45) is 0 Å². The molecule has 0 unspecified atom stereocenters. The maximum Gasteiger partial charge on any atom is 0.0548 e. The molecule has 114 valence electrons. The molecule has 2 heterocycles. The first-order valence-electron chi connectivity index (χ1n) is 8.45. The maximum absolute atomic E-state index is 3.71. The molecule has 0 spiro atoms. The van der Waals surface area contributed by atoms with Crippen LogP contribution in [0.25, 0.3) is 48.1 Å². The zero-order valence-electron chi connectivity index (χ0n) is 13.1. The molecule has 3 aromatic carbocycles. The number of aryl methyl sites for hydroxylation is 1. The number of para-hydroxylation sites is 1. The topological polar surface area (TPSA) is 15.8 Å². The van der Waals surface area contributed by atoms with E-state index in [-0.39, 0.29) is 0 Å². The Morgan fingerprint density at radius 3 is 2.67 bits per heavy atom. The van der Waals surface area contributed by atoms with E-state index in [2.05, 4.69) is 65.7 Å². The second kappa shape index (κ2) is 4.49. The van der Waals surface area contributed by atoms with Crippen LogP contribution >= 0.6 is 11.3 Å². The van der Waals surface area contributed by atoms with Crippen molar-refractivity contribution in [1.29, 1.82) is 0 Å². The first-order valence-corrected chi connectivity index (χ1v) is 9.26. The monoisotopic (exact) mass is 325 g/mol. The van der Waals surface area contributed by atoms with Crippen molar-refractivity contribution in [3.8, 4) is 0 Å². The third-order valence-electron chi connectivity index (χ3n) is 5.27. The summed E-state index contributed by atoms with van der Waals surface area (Å²) in [6.45, 7) is 0. The standard InChI is InChI=1S/C22H15NS/c1-2-8-14-13(7-1)21-19(15-9-3-5-11-17(15)23-21)20-16-10-4-6-12-18(16)24-22(14)20/h1,3-7,9-12,23H,2,8H2. The summed E-state index contributed by atoms with van der Waals surface area (Å²) in [5.41, 5.74) is 5.45. The van der Waals surface area contributed by atoms with Gasteiger partial charge in [0.2, 0.25) is 0 Å². The molecule has 6 rings (SSSR count). The first-order chi connectivity index (χ1) is 11.9. The van der Waals surface area contributed by atoms with Gasteiger partial charge in [-0.3, -0.25) is 0 Å². The molecule has 1 N–H and O–H groups in total. The number of nitrogens with one attached hydrogen (secondary N) is 1. The van der Waals surface area contributed by atoms with Crippen LogP contribution in [0.5, 0.6) is 0 Å². The highest BCUT2D eigenvalue weighted by Crippen LogP contribution is 2.46. The fourth-order valence-electron chi connectivity index (χ4n) is 4.24. The fraction of sp³-hybridized carbons (Fsp3) is 0.0909. The lowest BCUT2D eigenvalue weighted by molar-refractivity contribution is 1.00. The zero-order valence-corrected chi connectivity index (χ0v) is 13.9. The Bertz CT molecular complexity index is 1300. The Balaban J connectivity index is 2.02. The smallest absolute Gasteiger partial charge is 0.0548 e. The van der Waals surface area contributed by atoms with Gasteiger partial charge in [0.05, 0.1) is 5.52 Å². The van der Waals surface area contributed by atoms with Crippen LogP contribution in [0.2, 0.25) is 0 Å². The van der Waals surface area contributed by atoms with Crippen molar-refractivity contribution in [1.82, 2.24) is 4.98 Å². The number of rotatable bonds is 0. The van der Waals surface area contributed by atoms with Gasteiger partial charge >= 0.3 is 0 Å². The highest BCUT2D eigenvalue weighted by Gasteiger charge is 2.21. The van der Waals surface area contributed by atoms with Gasteiger partial charge in [0.25, 0.3) is 0 Å². The molecule has 0 amide bonds. The molecule has 2 aromatic heterocycles. The summed E-state index contributed by atoms with van der Waals surface area (Å²) >= 11 is 1.96. The number of H-pyrrole nitrogens is 1. The van der Waals surface area contributed by atoms with E-state index in [1.807, 2.05) is 11.3 Å². The van der Waals surface area contributed by atoms with Crippen LogP contribution in [0.15, 0.2) is 54.6 Å². The second-order valence-corrected chi connectivity index (χ2v) is 7.61. The van der Waals surface area contributed by atoms with E-state index in [9.17, 15) is 0 Å². The minimum absolute atomic E-state index is 1.14. The lowest BCUT2D eigenvalue weighted by atomic mass is 9.92. The molecular formula is C22H15NS. The Labute approximate surface area is 143 Å². The van der Waals surface area contributed by atoms with Crippen molar-refractivity contribution >= 4 is 59.4 Å². The summed E-state index contributed by atoms with van der Waals surface area (Å²) in [6.07, 6.45) is 6.91. The average Bonchev–Trinajstić information content (AvgIpc) is 3.20. The lowest BCUT2D eigenvalue weighted by Crippen LogP contribution is -1.95. The quantitative estimate of drug-likeness (QED) is 0.328. The molecule has 0 fully saturated rings. The number of aromatic nitrogens is 1. The Morgan fingerprint density at radius 2 is 1.71 bits per heavy atom. The van der Waals surface area contributed by atoms with Crippen LogP contribution in [0.4, 0.5) is 0 Å². The zero-order chi connectivity index (χ0) is 15.7. The van der Waals surface area contributed by atoms with Gasteiger partial charge in [-0.2, -0.15) is 0 Å². The van der Waals surface area contributed by atoms with Crippen LogP contribution in [0.1, 0.15) is 17.5 Å². The van der Waals surface area contributed by atoms with E-state index in [0.29, 0.717) is 0 Å². The largest absolute Gasteiger partial charge is 0.354 e. The summed E-state index contributed by atoms with van der Waals surface area (Å²) in [5.74, 6) is 0. The number of allylic oxidation sites excluding steroid dienone is 1. The summed E-state index contributed by atoms with van der Waals surface area (Å²) in [4.78, 5) is 3.71. The summed E-state index contributed by atoms with van der Waals surface area (Å²) < 4.78 is 2.87. The number of benzene rings is 3. The molecule has 0 radical (unpaired) electrons. The van der Waals surface area contributed by atoms with E-state index in [0.717, 1.165) is 12.8 Å². The highest BCUT2D eigenvalue weighted by atomic mass is 32.1. The molecule has 0 atom stereocenters. The Kier molecular flexibility index (Phi) is 2.39. The van der Waals surface area contributed by atoms with Crippen molar-refractivity contribution in [2.75, 3.05) is 0 Å². The predicted octanol–water partition coefficient (Wildman–Crippen LogP) is 6.65. The number of hydrogen-bond acceptors (Lipinski definition) is 1.